The molecule has 1 amide bonds. The number of carbonyl (C=O) groups excluding carboxylic acids is 1. The lowest BCUT2D eigenvalue weighted by Crippen LogP contribution is -2.10. The fourth-order valence-electron chi connectivity index (χ4n) is 3.44. The number of nitrogens with zero attached hydrogens (tertiary/aromatic N) is 1. The summed E-state index contributed by atoms with van der Waals surface area (Å²) >= 11 is 1.25. The van der Waals surface area contributed by atoms with Crippen molar-refractivity contribution in [1.29, 1.82) is 0 Å². The zero-order valence-electron chi connectivity index (χ0n) is 16.7. The van der Waals surface area contributed by atoms with Gasteiger partial charge in [0.2, 0.25) is 0 Å². The number of benzene rings is 2. The lowest BCUT2D eigenvalue weighted by Gasteiger charge is -2.19. The highest BCUT2D eigenvalue weighted by molar-refractivity contribution is 7.21. The third-order valence-corrected chi connectivity index (χ3v) is 6.17. The Hall–Kier alpha value is -3.18. The zero-order valence-corrected chi connectivity index (χ0v) is 17.5. The van der Waals surface area contributed by atoms with Crippen molar-refractivity contribution in [3.63, 3.8) is 0 Å². The number of carbonyl (C=O) groups is 1. The summed E-state index contributed by atoms with van der Waals surface area (Å²) in [5.41, 5.74) is 17.4. The largest absolute Gasteiger partial charge is 0.397 e. The van der Waals surface area contributed by atoms with E-state index < -0.39 is 5.91 Å². The first kappa shape index (κ1) is 19.2. The smallest absolute Gasteiger partial charge is 0.260 e. The van der Waals surface area contributed by atoms with Crippen LogP contribution in [0.15, 0.2) is 60.7 Å². The van der Waals surface area contributed by atoms with E-state index in [4.69, 9.17) is 16.5 Å². The topological polar surface area (TPSA) is 82.0 Å². The molecule has 5 heteroatoms. The van der Waals surface area contributed by atoms with E-state index in [0.29, 0.717) is 15.4 Å². The van der Waals surface area contributed by atoms with Crippen LogP contribution in [-0.2, 0) is 5.41 Å². The number of hydrogen-bond donors (Lipinski definition) is 2. The summed E-state index contributed by atoms with van der Waals surface area (Å²) in [5.74, 6) is -0.527. The van der Waals surface area contributed by atoms with Crippen molar-refractivity contribution in [3.05, 3.63) is 71.1 Å². The van der Waals surface area contributed by atoms with Crippen LogP contribution in [0.3, 0.4) is 0 Å². The number of nitrogen functional groups attached to an aromatic ring is 1. The van der Waals surface area contributed by atoms with Gasteiger partial charge in [0.15, 0.2) is 0 Å². The van der Waals surface area contributed by atoms with Crippen LogP contribution < -0.4 is 11.5 Å². The molecule has 0 aliphatic heterocycles. The lowest BCUT2D eigenvalue weighted by molar-refractivity contribution is 0.100. The maximum absolute atomic E-state index is 11.9. The summed E-state index contributed by atoms with van der Waals surface area (Å²) < 4.78 is 0. The molecule has 4 nitrogen and oxygen atoms in total. The molecule has 29 heavy (non-hydrogen) atoms. The van der Waals surface area contributed by atoms with Gasteiger partial charge in [0.05, 0.1) is 11.4 Å². The van der Waals surface area contributed by atoms with Gasteiger partial charge in [0.25, 0.3) is 5.91 Å². The highest BCUT2D eigenvalue weighted by Gasteiger charge is 2.20. The Bertz CT molecular complexity index is 1200. The van der Waals surface area contributed by atoms with E-state index in [9.17, 15) is 4.79 Å². The van der Waals surface area contributed by atoms with E-state index in [2.05, 4.69) is 45.0 Å². The van der Waals surface area contributed by atoms with Crippen molar-refractivity contribution in [1.82, 2.24) is 4.98 Å². The number of fused-ring (bicyclic) bond motifs is 1. The Balaban J connectivity index is 1.96. The van der Waals surface area contributed by atoms with Gasteiger partial charge in [-0.05, 0) is 28.2 Å². The van der Waals surface area contributed by atoms with Crippen molar-refractivity contribution in [2.45, 2.75) is 26.2 Å². The Morgan fingerprint density at radius 3 is 2.21 bits per heavy atom. The zero-order chi connectivity index (χ0) is 20.8. The summed E-state index contributed by atoms with van der Waals surface area (Å²) in [7, 11) is 0. The molecule has 0 saturated heterocycles. The highest BCUT2D eigenvalue weighted by Crippen LogP contribution is 2.41. The van der Waals surface area contributed by atoms with Crippen LogP contribution >= 0.6 is 11.3 Å². The maximum atomic E-state index is 11.9. The summed E-state index contributed by atoms with van der Waals surface area (Å²) in [5, 5.41) is 0.782. The molecule has 2 aromatic heterocycles. The molecule has 0 aliphatic rings. The van der Waals surface area contributed by atoms with Crippen molar-refractivity contribution in [2.75, 3.05) is 5.73 Å². The first-order valence-electron chi connectivity index (χ1n) is 9.45. The van der Waals surface area contributed by atoms with Crippen LogP contribution in [-0.4, -0.2) is 10.9 Å². The quantitative estimate of drug-likeness (QED) is 0.468. The van der Waals surface area contributed by atoms with Gasteiger partial charge in [-0.1, -0.05) is 75.4 Å². The monoisotopic (exact) mass is 401 g/mol. The second-order valence-corrected chi connectivity index (χ2v) is 9.14. The molecule has 4 rings (SSSR count). The van der Waals surface area contributed by atoms with Gasteiger partial charge < -0.3 is 11.5 Å². The summed E-state index contributed by atoms with van der Waals surface area (Å²) in [6, 6.07) is 20.5. The number of rotatable bonds is 3. The van der Waals surface area contributed by atoms with E-state index in [-0.39, 0.29) is 5.41 Å². The Morgan fingerprint density at radius 2 is 1.62 bits per heavy atom. The second kappa shape index (κ2) is 7.01. The molecule has 0 aliphatic carbocycles. The van der Waals surface area contributed by atoms with E-state index >= 15 is 0 Å². The molecule has 0 unspecified atom stereocenters. The molecule has 146 valence electrons. The number of amides is 1. The van der Waals surface area contributed by atoms with Crippen LogP contribution in [0.25, 0.3) is 32.6 Å². The molecule has 0 bridgehead atoms. The standard InChI is InChI=1S/C24H23N3OS/c1-24(2,3)16-11-9-15(10-12-16)18-13-17(14-7-5-4-6-8-14)19-20(25)21(22(26)28)29-23(19)27-18/h4-13H,25H2,1-3H3,(H2,26,28). The average molecular weight is 402 g/mol. The third-order valence-electron chi connectivity index (χ3n) is 5.05. The first-order chi connectivity index (χ1) is 13.8. The first-order valence-corrected chi connectivity index (χ1v) is 10.3. The third kappa shape index (κ3) is 3.49. The Labute approximate surface area is 174 Å². The Kier molecular flexibility index (Phi) is 4.63. The van der Waals surface area contributed by atoms with Crippen LogP contribution in [0.5, 0.6) is 0 Å². The Morgan fingerprint density at radius 1 is 0.966 bits per heavy atom. The number of pyridine rings is 1. The molecule has 0 radical (unpaired) electrons. The summed E-state index contributed by atoms with van der Waals surface area (Å²) in [4.78, 5) is 17.7. The van der Waals surface area contributed by atoms with Gasteiger partial charge in [0.1, 0.15) is 9.71 Å². The molecule has 2 heterocycles. The van der Waals surface area contributed by atoms with E-state index in [1.807, 2.05) is 36.4 Å². The molecular formula is C24H23N3OS. The molecular weight excluding hydrogens is 378 g/mol. The number of nitrogens with two attached hydrogens (primary N) is 2. The summed E-state index contributed by atoms with van der Waals surface area (Å²) in [6.45, 7) is 6.58. The molecule has 0 atom stereocenters. The number of thiophene rings is 1. The van der Waals surface area contributed by atoms with Crippen LogP contribution in [0, 0.1) is 0 Å². The number of hydrogen-bond acceptors (Lipinski definition) is 4. The maximum Gasteiger partial charge on any atom is 0.260 e. The van der Waals surface area contributed by atoms with Crippen molar-refractivity contribution in [3.8, 4) is 22.4 Å². The fraction of sp³-hybridized carbons (Fsp3) is 0.167. The number of anilines is 1. The van der Waals surface area contributed by atoms with Gasteiger partial charge >= 0.3 is 0 Å². The number of aromatic nitrogens is 1. The second-order valence-electron chi connectivity index (χ2n) is 8.14. The minimum atomic E-state index is -0.527. The van der Waals surface area contributed by atoms with Gasteiger partial charge in [-0.2, -0.15) is 0 Å². The van der Waals surface area contributed by atoms with E-state index in [1.165, 1.54) is 16.9 Å². The SMILES string of the molecule is CC(C)(C)c1ccc(-c2cc(-c3ccccc3)c3c(N)c(C(N)=O)sc3n2)cc1. The molecule has 0 spiro atoms. The minimum Gasteiger partial charge on any atom is -0.397 e. The predicted molar refractivity (Wildman–Crippen MR) is 122 cm³/mol. The van der Waals surface area contributed by atoms with Crippen molar-refractivity contribution in [2.24, 2.45) is 5.73 Å². The lowest BCUT2D eigenvalue weighted by atomic mass is 9.86. The van der Waals surface area contributed by atoms with E-state index in [1.54, 1.807) is 0 Å². The fourth-order valence-corrected chi connectivity index (χ4v) is 4.41. The molecule has 4 N–H and O–H groups in total. The molecule has 0 fully saturated rings. The summed E-state index contributed by atoms with van der Waals surface area (Å²) in [6.07, 6.45) is 0. The average Bonchev–Trinajstić information content (AvgIpc) is 3.04. The van der Waals surface area contributed by atoms with Gasteiger partial charge in [0, 0.05) is 10.9 Å². The molecule has 0 saturated carbocycles. The number of primary amides is 1. The van der Waals surface area contributed by atoms with Gasteiger partial charge in [-0.25, -0.2) is 4.98 Å². The van der Waals surface area contributed by atoms with Crippen LogP contribution in [0.2, 0.25) is 0 Å². The van der Waals surface area contributed by atoms with Crippen molar-refractivity contribution < 1.29 is 4.79 Å². The minimum absolute atomic E-state index is 0.0870. The van der Waals surface area contributed by atoms with Crippen LogP contribution in [0.4, 0.5) is 5.69 Å². The van der Waals surface area contributed by atoms with E-state index in [0.717, 1.165) is 27.8 Å². The predicted octanol–water partition coefficient (Wildman–Crippen LogP) is 5.61. The molecule has 4 aromatic rings. The van der Waals surface area contributed by atoms with Crippen molar-refractivity contribution >= 4 is 33.1 Å². The molecule has 2 aromatic carbocycles. The normalized spacial score (nSPS) is 11.7. The van der Waals surface area contributed by atoms with Crippen LogP contribution in [0.1, 0.15) is 36.0 Å². The highest BCUT2D eigenvalue weighted by atomic mass is 32.1. The van der Waals surface area contributed by atoms with Gasteiger partial charge in [-0.3, -0.25) is 4.79 Å². The van der Waals surface area contributed by atoms with Gasteiger partial charge in [-0.15, -0.1) is 11.3 Å².